The van der Waals surface area contributed by atoms with E-state index in [1.54, 1.807) is 11.9 Å². The highest BCUT2D eigenvalue weighted by Gasteiger charge is 2.23. The number of aryl methyl sites for hydroxylation is 1. The lowest BCUT2D eigenvalue weighted by molar-refractivity contribution is 0.248. The third-order valence-corrected chi connectivity index (χ3v) is 6.85. The predicted molar refractivity (Wildman–Crippen MR) is 115 cm³/mol. The third kappa shape index (κ3) is 4.76. The van der Waals surface area contributed by atoms with Gasteiger partial charge in [-0.05, 0) is 55.2 Å². The standard InChI is InChI=1S/C21H28FN5OS/c1-24-11-8-20-21(24)19(23-28)7-12-27(29-20)10-2-9-25-13-15-26(16-14-25)18-5-3-17(22)4-6-18/h3-6,8,11,28H,2,7,9-10,12-16H2,1H3/b23-19+. The number of piperazine rings is 1. The van der Waals surface area contributed by atoms with Crippen LogP contribution in [0.15, 0.2) is 46.6 Å². The van der Waals surface area contributed by atoms with Crippen molar-refractivity contribution >= 4 is 23.3 Å². The Morgan fingerprint density at radius 1 is 1.03 bits per heavy atom. The van der Waals surface area contributed by atoms with Crippen LogP contribution >= 0.6 is 11.9 Å². The largest absolute Gasteiger partial charge is 0.411 e. The summed E-state index contributed by atoms with van der Waals surface area (Å²) in [6.07, 6.45) is 3.88. The fourth-order valence-corrected chi connectivity index (χ4v) is 5.22. The smallest absolute Gasteiger partial charge is 0.123 e. The van der Waals surface area contributed by atoms with Gasteiger partial charge in [0.1, 0.15) is 11.5 Å². The van der Waals surface area contributed by atoms with E-state index in [9.17, 15) is 9.60 Å². The lowest BCUT2D eigenvalue weighted by Gasteiger charge is -2.36. The van der Waals surface area contributed by atoms with Crippen molar-refractivity contribution in [3.05, 3.63) is 48.0 Å². The molecule has 3 heterocycles. The van der Waals surface area contributed by atoms with Crippen molar-refractivity contribution in [3.63, 3.8) is 0 Å². The van der Waals surface area contributed by atoms with Crippen LogP contribution in [0.2, 0.25) is 0 Å². The molecule has 0 aliphatic carbocycles. The SMILES string of the molecule is Cn1ccc2c1/C(=N/O)CCN(CCCN1CCN(c3ccc(F)cc3)CC1)S2. The number of hydrogen-bond donors (Lipinski definition) is 1. The zero-order valence-corrected chi connectivity index (χ0v) is 17.6. The summed E-state index contributed by atoms with van der Waals surface area (Å²) in [5.41, 5.74) is 2.89. The van der Waals surface area contributed by atoms with E-state index in [4.69, 9.17) is 0 Å². The molecule has 6 nitrogen and oxygen atoms in total. The minimum absolute atomic E-state index is 0.182. The molecule has 2 aliphatic heterocycles. The van der Waals surface area contributed by atoms with E-state index < -0.39 is 0 Å². The second kappa shape index (κ2) is 9.19. The Labute approximate surface area is 175 Å². The lowest BCUT2D eigenvalue weighted by Crippen LogP contribution is -2.47. The number of nitrogens with zero attached hydrogens (tertiary/aromatic N) is 5. The fourth-order valence-electron chi connectivity index (χ4n) is 4.07. The maximum atomic E-state index is 13.1. The topological polar surface area (TPSA) is 47.2 Å². The summed E-state index contributed by atoms with van der Waals surface area (Å²) < 4.78 is 17.5. The molecule has 1 fully saturated rings. The second-order valence-corrected chi connectivity index (χ2v) is 8.75. The number of anilines is 1. The zero-order valence-electron chi connectivity index (χ0n) is 16.8. The van der Waals surface area contributed by atoms with E-state index in [0.717, 1.165) is 80.6 Å². The Hall–Kier alpha value is -2.03. The predicted octanol–water partition coefficient (Wildman–Crippen LogP) is 3.27. The Morgan fingerprint density at radius 3 is 2.52 bits per heavy atom. The summed E-state index contributed by atoms with van der Waals surface area (Å²) in [6, 6.07) is 8.89. The van der Waals surface area contributed by atoms with Gasteiger partial charge in [0, 0.05) is 64.6 Å². The van der Waals surface area contributed by atoms with Crippen LogP contribution in [0, 0.1) is 5.82 Å². The molecule has 0 radical (unpaired) electrons. The first kappa shape index (κ1) is 20.3. The van der Waals surface area contributed by atoms with Gasteiger partial charge in [-0.2, -0.15) is 0 Å². The number of oxime groups is 1. The number of aromatic nitrogens is 1. The summed E-state index contributed by atoms with van der Waals surface area (Å²) in [5.74, 6) is -0.182. The maximum Gasteiger partial charge on any atom is 0.123 e. The van der Waals surface area contributed by atoms with E-state index in [-0.39, 0.29) is 5.82 Å². The summed E-state index contributed by atoms with van der Waals surface area (Å²) in [5, 5.41) is 12.9. The van der Waals surface area contributed by atoms with Crippen molar-refractivity contribution in [2.45, 2.75) is 17.7 Å². The van der Waals surface area contributed by atoms with E-state index >= 15 is 0 Å². The maximum absolute atomic E-state index is 13.1. The van der Waals surface area contributed by atoms with Gasteiger partial charge in [0.2, 0.25) is 0 Å². The molecule has 4 rings (SSSR count). The molecule has 156 valence electrons. The van der Waals surface area contributed by atoms with Crippen LogP contribution in [0.5, 0.6) is 0 Å². The van der Waals surface area contributed by atoms with Gasteiger partial charge in [0.15, 0.2) is 0 Å². The number of halogens is 1. The van der Waals surface area contributed by atoms with E-state index in [2.05, 4.69) is 25.3 Å². The molecule has 0 amide bonds. The summed E-state index contributed by atoms with van der Waals surface area (Å²) in [6.45, 7) is 7.01. The van der Waals surface area contributed by atoms with Crippen LogP contribution in [0.3, 0.4) is 0 Å². The molecule has 1 saturated heterocycles. The van der Waals surface area contributed by atoms with Gasteiger partial charge in [0.05, 0.1) is 10.6 Å². The number of hydrogen-bond acceptors (Lipinski definition) is 6. The van der Waals surface area contributed by atoms with Gasteiger partial charge in [-0.15, -0.1) is 0 Å². The van der Waals surface area contributed by atoms with Crippen LogP contribution in [-0.4, -0.2) is 70.5 Å². The quantitative estimate of drug-likeness (QED) is 0.460. The van der Waals surface area contributed by atoms with Crippen molar-refractivity contribution in [2.75, 3.05) is 50.7 Å². The molecule has 8 heteroatoms. The number of benzene rings is 1. The fraction of sp³-hybridized carbons (Fsp3) is 0.476. The Kier molecular flexibility index (Phi) is 6.42. The monoisotopic (exact) mass is 417 g/mol. The van der Waals surface area contributed by atoms with Crippen molar-refractivity contribution in [1.82, 2.24) is 13.8 Å². The molecule has 0 bridgehead atoms. The number of fused-ring (bicyclic) bond motifs is 1. The zero-order chi connectivity index (χ0) is 20.2. The van der Waals surface area contributed by atoms with Gasteiger partial charge in [-0.3, -0.25) is 4.90 Å². The van der Waals surface area contributed by atoms with Gasteiger partial charge in [-0.1, -0.05) is 5.16 Å². The Balaban J connectivity index is 1.23. The van der Waals surface area contributed by atoms with Crippen molar-refractivity contribution in [3.8, 4) is 0 Å². The second-order valence-electron chi connectivity index (χ2n) is 7.62. The van der Waals surface area contributed by atoms with Crippen LogP contribution in [0.1, 0.15) is 18.5 Å². The lowest BCUT2D eigenvalue weighted by atomic mass is 10.2. The van der Waals surface area contributed by atoms with E-state index in [0.29, 0.717) is 0 Å². The Bertz CT molecular complexity index is 845. The van der Waals surface area contributed by atoms with Gasteiger partial charge in [0.25, 0.3) is 0 Å². The minimum atomic E-state index is -0.182. The molecule has 0 atom stereocenters. The first-order valence-electron chi connectivity index (χ1n) is 10.2. The van der Waals surface area contributed by atoms with Crippen LogP contribution < -0.4 is 4.90 Å². The van der Waals surface area contributed by atoms with Crippen molar-refractivity contribution in [2.24, 2.45) is 12.2 Å². The highest BCUT2D eigenvalue weighted by molar-refractivity contribution is 7.97. The number of rotatable bonds is 5. The molecular weight excluding hydrogens is 389 g/mol. The van der Waals surface area contributed by atoms with Gasteiger partial charge in [-0.25, -0.2) is 8.70 Å². The molecular formula is C21H28FN5OS. The molecule has 0 saturated carbocycles. The van der Waals surface area contributed by atoms with Crippen molar-refractivity contribution in [1.29, 1.82) is 0 Å². The molecule has 2 aromatic rings. The molecule has 1 aromatic carbocycles. The molecule has 2 aliphatic rings. The first-order valence-corrected chi connectivity index (χ1v) is 10.9. The highest BCUT2D eigenvalue weighted by Crippen LogP contribution is 2.31. The minimum Gasteiger partial charge on any atom is -0.411 e. The molecule has 29 heavy (non-hydrogen) atoms. The summed E-state index contributed by atoms with van der Waals surface area (Å²) in [4.78, 5) is 6.00. The molecule has 0 spiro atoms. The summed E-state index contributed by atoms with van der Waals surface area (Å²) in [7, 11) is 1.99. The van der Waals surface area contributed by atoms with Gasteiger partial charge >= 0.3 is 0 Å². The summed E-state index contributed by atoms with van der Waals surface area (Å²) >= 11 is 1.77. The molecule has 1 aromatic heterocycles. The third-order valence-electron chi connectivity index (χ3n) is 5.70. The van der Waals surface area contributed by atoms with Gasteiger partial charge < -0.3 is 14.7 Å². The Morgan fingerprint density at radius 2 is 1.79 bits per heavy atom. The average molecular weight is 418 g/mol. The molecule has 1 N–H and O–H groups in total. The molecule has 0 unspecified atom stereocenters. The highest BCUT2D eigenvalue weighted by atomic mass is 32.2. The van der Waals surface area contributed by atoms with E-state index in [1.165, 1.54) is 12.1 Å². The normalized spacial score (nSPS) is 20.1. The van der Waals surface area contributed by atoms with Crippen LogP contribution in [0.25, 0.3) is 0 Å². The first-order chi connectivity index (χ1) is 14.1. The van der Waals surface area contributed by atoms with Crippen LogP contribution in [0.4, 0.5) is 10.1 Å². The van der Waals surface area contributed by atoms with Crippen molar-refractivity contribution < 1.29 is 9.60 Å². The van der Waals surface area contributed by atoms with E-state index in [1.807, 2.05) is 29.9 Å². The average Bonchev–Trinajstić information content (AvgIpc) is 2.99. The van der Waals surface area contributed by atoms with Crippen LogP contribution in [-0.2, 0) is 7.05 Å².